The number of nitrogens with zero attached hydrogens (tertiary/aromatic N) is 3. The topological polar surface area (TPSA) is 76.8 Å². The summed E-state index contributed by atoms with van der Waals surface area (Å²) in [4.78, 5) is 18.9. The molecule has 1 N–H and O–H groups in total. The van der Waals surface area contributed by atoms with E-state index >= 15 is 0 Å². The Morgan fingerprint density at radius 2 is 2.14 bits per heavy atom. The third kappa shape index (κ3) is 3.32. The molecule has 0 spiro atoms. The van der Waals surface area contributed by atoms with Gasteiger partial charge in [-0.2, -0.15) is 4.98 Å². The molecule has 2 aromatic carbocycles. The minimum atomic E-state index is -0.374. The number of fused-ring (bicyclic) bond motifs is 2. The van der Waals surface area contributed by atoms with Gasteiger partial charge in [0.1, 0.15) is 18.2 Å². The van der Waals surface area contributed by atoms with E-state index in [9.17, 15) is 4.79 Å². The highest BCUT2D eigenvalue weighted by Crippen LogP contribution is 2.37. The van der Waals surface area contributed by atoms with E-state index in [4.69, 9.17) is 26.2 Å². The van der Waals surface area contributed by atoms with Crippen molar-refractivity contribution in [3.8, 4) is 5.75 Å². The molecule has 7 nitrogen and oxygen atoms in total. The van der Waals surface area contributed by atoms with Crippen molar-refractivity contribution in [1.82, 2.24) is 9.55 Å². The highest BCUT2D eigenvalue weighted by Gasteiger charge is 2.22. The zero-order valence-corrected chi connectivity index (χ0v) is 16.1. The maximum absolute atomic E-state index is 12.6. The van der Waals surface area contributed by atoms with E-state index in [-0.39, 0.29) is 18.9 Å². The number of benzene rings is 2. The summed E-state index contributed by atoms with van der Waals surface area (Å²) in [7, 11) is 1.66. The average Bonchev–Trinajstić information content (AvgIpc) is 2.92. The lowest BCUT2D eigenvalue weighted by Crippen LogP contribution is -2.28. The van der Waals surface area contributed by atoms with Crippen molar-refractivity contribution in [3.05, 3.63) is 57.5 Å². The van der Waals surface area contributed by atoms with E-state index in [1.165, 1.54) is 4.57 Å². The summed E-state index contributed by atoms with van der Waals surface area (Å²) in [6.07, 6.45) is 0. The molecule has 0 aliphatic carbocycles. The number of para-hydroxylation sites is 1. The lowest BCUT2D eigenvalue weighted by atomic mass is 10.1. The first kappa shape index (κ1) is 18.7. The van der Waals surface area contributed by atoms with Crippen molar-refractivity contribution >= 4 is 34.0 Å². The minimum absolute atomic E-state index is 0.119. The van der Waals surface area contributed by atoms with E-state index in [0.29, 0.717) is 41.9 Å². The smallest absolute Gasteiger partial charge is 0.349 e. The van der Waals surface area contributed by atoms with Gasteiger partial charge in [-0.25, -0.2) is 4.79 Å². The zero-order valence-electron chi connectivity index (χ0n) is 15.4. The third-order valence-electron chi connectivity index (χ3n) is 4.74. The van der Waals surface area contributed by atoms with Gasteiger partial charge in [0.15, 0.2) is 0 Å². The lowest BCUT2D eigenvalue weighted by molar-refractivity contribution is 0.133. The molecule has 8 heteroatoms. The molecular weight excluding hydrogens is 382 g/mol. The number of anilines is 2. The van der Waals surface area contributed by atoms with Crippen molar-refractivity contribution in [3.63, 3.8) is 0 Å². The van der Waals surface area contributed by atoms with Crippen LogP contribution in [0.2, 0.25) is 5.02 Å². The van der Waals surface area contributed by atoms with E-state index in [1.54, 1.807) is 19.2 Å². The monoisotopic (exact) mass is 401 g/mol. The number of aryl methyl sites for hydroxylation is 1. The van der Waals surface area contributed by atoms with Gasteiger partial charge in [0.2, 0.25) is 0 Å². The first-order valence-corrected chi connectivity index (χ1v) is 9.35. The molecule has 0 fully saturated rings. The van der Waals surface area contributed by atoms with Gasteiger partial charge in [-0.05, 0) is 12.1 Å². The van der Waals surface area contributed by atoms with Gasteiger partial charge in [-0.3, -0.25) is 4.57 Å². The van der Waals surface area contributed by atoms with Crippen molar-refractivity contribution in [1.29, 1.82) is 0 Å². The third-order valence-corrected chi connectivity index (χ3v) is 5.04. The Bertz CT molecular complexity index is 1080. The Morgan fingerprint density at radius 1 is 1.32 bits per heavy atom. The summed E-state index contributed by atoms with van der Waals surface area (Å²) in [5, 5.41) is 10.1. The summed E-state index contributed by atoms with van der Waals surface area (Å²) < 4.78 is 12.7. The highest BCUT2D eigenvalue weighted by atomic mass is 35.5. The number of aliphatic hydroxyl groups excluding tert-OH is 1. The van der Waals surface area contributed by atoms with Gasteiger partial charge in [0.25, 0.3) is 0 Å². The van der Waals surface area contributed by atoms with Crippen LogP contribution in [0.1, 0.15) is 5.56 Å². The highest BCUT2D eigenvalue weighted by molar-refractivity contribution is 6.33. The van der Waals surface area contributed by atoms with Crippen LogP contribution in [0.5, 0.6) is 5.75 Å². The van der Waals surface area contributed by atoms with E-state index in [1.807, 2.05) is 29.2 Å². The first-order valence-electron chi connectivity index (χ1n) is 8.97. The van der Waals surface area contributed by atoms with Gasteiger partial charge < -0.3 is 19.5 Å². The summed E-state index contributed by atoms with van der Waals surface area (Å²) in [5.41, 5.74) is 2.26. The maximum Gasteiger partial charge on any atom is 0.349 e. The van der Waals surface area contributed by atoms with Gasteiger partial charge in [-0.15, -0.1) is 0 Å². The second-order valence-electron chi connectivity index (χ2n) is 6.48. The molecule has 0 unspecified atom stereocenters. The fraction of sp³-hybridized carbons (Fsp3) is 0.300. The Hall–Kier alpha value is -2.61. The summed E-state index contributed by atoms with van der Waals surface area (Å²) >= 11 is 6.41. The number of ether oxygens (including phenoxy) is 2. The van der Waals surface area contributed by atoms with Crippen LogP contribution in [0.25, 0.3) is 10.9 Å². The lowest BCUT2D eigenvalue weighted by Gasteiger charge is -2.25. The van der Waals surface area contributed by atoms with Crippen LogP contribution in [-0.4, -0.2) is 41.0 Å². The molecular formula is C20H20ClN3O4. The number of aromatic nitrogens is 2. The predicted octanol–water partition coefficient (Wildman–Crippen LogP) is 2.63. The van der Waals surface area contributed by atoms with Crippen LogP contribution in [-0.2, 0) is 18.4 Å². The molecule has 0 saturated carbocycles. The molecule has 1 aromatic heterocycles. The number of rotatable bonds is 4. The zero-order chi connectivity index (χ0) is 19.7. The molecule has 2 heterocycles. The van der Waals surface area contributed by atoms with Gasteiger partial charge >= 0.3 is 5.69 Å². The molecule has 146 valence electrons. The molecule has 4 rings (SSSR count). The van der Waals surface area contributed by atoms with Crippen LogP contribution in [0.3, 0.4) is 0 Å². The van der Waals surface area contributed by atoms with Gasteiger partial charge in [0, 0.05) is 36.3 Å². The number of aliphatic hydroxyl groups is 1. The molecule has 28 heavy (non-hydrogen) atoms. The molecule has 3 aromatic rings. The van der Waals surface area contributed by atoms with Gasteiger partial charge in [0.05, 0.1) is 30.4 Å². The summed E-state index contributed by atoms with van der Waals surface area (Å²) in [5.74, 6) is 0.946. The van der Waals surface area contributed by atoms with E-state index in [2.05, 4.69) is 4.98 Å². The van der Waals surface area contributed by atoms with Crippen molar-refractivity contribution < 1.29 is 14.6 Å². The minimum Gasteiger partial charge on any atom is -0.490 e. The number of hydrogen-bond acceptors (Lipinski definition) is 6. The Balaban J connectivity index is 1.94. The van der Waals surface area contributed by atoms with Crippen molar-refractivity contribution in [2.45, 2.75) is 6.61 Å². The molecule has 1 aliphatic heterocycles. The van der Waals surface area contributed by atoms with E-state index in [0.717, 1.165) is 16.6 Å². The average molecular weight is 402 g/mol. The van der Waals surface area contributed by atoms with Crippen LogP contribution < -0.4 is 15.3 Å². The molecule has 0 saturated heterocycles. The Labute approximate surface area is 166 Å². The molecule has 0 amide bonds. The van der Waals surface area contributed by atoms with Crippen molar-refractivity contribution in [2.24, 2.45) is 7.05 Å². The number of hydrogen-bond donors (Lipinski definition) is 1. The summed E-state index contributed by atoms with van der Waals surface area (Å²) in [6, 6.07) is 11.4. The second kappa shape index (κ2) is 7.79. The van der Waals surface area contributed by atoms with Crippen LogP contribution in [0, 0.1) is 0 Å². The standard InChI is InChI=1S/C20H20ClN3O4/c1-23-17-11-18(28-9-7-25)15(21)10-14(17)19(22-20(23)26)24-6-8-27-12-13-4-2-3-5-16(13)24/h2-5,10-11,25H,6-9,12H2,1H3. The van der Waals surface area contributed by atoms with E-state index < -0.39 is 0 Å². The predicted molar refractivity (Wildman–Crippen MR) is 108 cm³/mol. The normalized spacial score (nSPS) is 14.0. The van der Waals surface area contributed by atoms with Crippen LogP contribution >= 0.6 is 11.6 Å². The molecule has 0 atom stereocenters. The fourth-order valence-corrected chi connectivity index (χ4v) is 3.59. The number of halogens is 1. The molecule has 0 bridgehead atoms. The largest absolute Gasteiger partial charge is 0.490 e. The molecule has 1 aliphatic rings. The summed E-state index contributed by atoms with van der Waals surface area (Å²) in [6.45, 7) is 1.58. The first-order chi connectivity index (χ1) is 13.6. The van der Waals surface area contributed by atoms with Crippen LogP contribution in [0.15, 0.2) is 41.2 Å². The SMILES string of the molecule is Cn1c(=O)nc(N2CCOCc3ccccc32)c2cc(Cl)c(OCCO)cc21. The van der Waals surface area contributed by atoms with Crippen LogP contribution in [0.4, 0.5) is 11.5 Å². The Morgan fingerprint density at radius 3 is 2.96 bits per heavy atom. The molecule has 0 radical (unpaired) electrons. The fourth-order valence-electron chi connectivity index (χ4n) is 3.37. The van der Waals surface area contributed by atoms with Crippen molar-refractivity contribution in [2.75, 3.05) is 31.3 Å². The quantitative estimate of drug-likeness (QED) is 0.724. The van der Waals surface area contributed by atoms with Gasteiger partial charge in [-0.1, -0.05) is 29.8 Å². The Kier molecular flexibility index (Phi) is 5.21. The maximum atomic E-state index is 12.6. The second-order valence-corrected chi connectivity index (χ2v) is 6.89.